The molecule has 0 bridgehead atoms. The van der Waals surface area contributed by atoms with Crippen molar-refractivity contribution in [1.29, 1.82) is 0 Å². The van der Waals surface area contributed by atoms with Gasteiger partial charge in [-0.15, -0.1) is 0 Å². The summed E-state index contributed by atoms with van der Waals surface area (Å²) in [6.45, 7) is -0.0218. The topological polar surface area (TPSA) is 172 Å². The Morgan fingerprint density at radius 2 is 1.97 bits per heavy atom. The van der Waals surface area contributed by atoms with E-state index < -0.39 is 30.4 Å². The number of aliphatic hydroxyl groups is 2. The lowest BCUT2D eigenvalue weighted by Crippen LogP contribution is -2.34. The number of carbonyl (C=O) groups excluding carboxylic acids is 1. The summed E-state index contributed by atoms with van der Waals surface area (Å²) >= 11 is 0. The van der Waals surface area contributed by atoms with Gasteiger partial charge in [0, 0.05) is 17.6 Å². The van der Waals surface area contributed by atoms with Crippen LogP contribution in [0.5, 0.6) is 5.75 Å². The minimum Gasteiger partial charge on any atom is -0.491 e. The zero-order valence-corrected chi connectivity index (χ0v) is 16.7. The maximum Gasteiger partial charge on any atom is 0.267 e. The van der Waals surface area contributed by atoms with Crippen LogP contribution in [0.4, 0.5) is 5.82 Å². The van der Waals surface area contributed by atoms with Crippen LogP contribution in [0.1, 0.15) is 16.7 Å². The molecule has 4 heterocycles. The summed E-state index contributed by atoms with van der Waals surface area (Å²) in [4.78, 5) is 23.7. The Morgan fingerprint density at radius 1 is 1.16 bits per heavy atom. The van der Waals surface area contributed by atoms with E-state index in [2.05, 4.69) is 15.0 Å². The molecule has 1 aliphatic heterocycles. The lowest BCUT2D eigenvalue weighted by atomic mass is 10.1. The first-order valence-corrected chi connectivity index (χ1v) is 9.84. The van der Waals surface area contributed by atoms with Crippen molar-refractivity contribution < 1.29 is 24.5 Å². The fraction of sp³-hybridized carbons (Fsp3) is 0.238. The van der Waals surface area contributed by atoms with Gasteiger partial charge in [-0.05, 0) is 24.3 Å². The van der Waals surface area contributed by atoms with Gasteiger partial charge in [-0.25, -0.2) is 15.0 Å². The first kappa shape index (κ1) is 20.1. The number of primary amides is 1. The van der Waals surface area contributed by atoms with E-state index in [9.17, 15) is 15.0 Å². The number of hydrogen-bond acceptors (Lipinski definition) is 9. The average Bonchev–Trinajstić information content (AvgIpc) is 3.34. The van der Waals surface area contributed by atoms with Gasteiger partial charge in [-0.1, -0.05) is 6.07 Å². The number of nitrogen functional groups attached to an aromatic ring is 1. The van der Waals surface area contributed by atoms with Crippen LogP contribution in [0.3, 0.4) is 0 Å². The molecule has 4 aromatic rings. The number of anilines is 1. The largest absolute Gasteiger partial charge is 0.491 e. The Morgan fingerprint density at radius 3 is 2.78 bits per heavy atom. The third-order valence-corrected chi connectivity index (χ3v) is 5.48. The number of pyridine rings is 1. The number of carbonyl (C=O) groups is 1. The predicted octanol–water partition coefficient (Wildman–Crippen LogP) is 0.359. The Hall–Kier alpha value is -3.80. The highest BCUT2D eigenvalue weighted by Crippen LogP contribution is 2.33. The average molecular weight is 436 g/mol. The Balaban J connectivity index is 1.34. The number of ether oxygens (including phenoxy) is 2. The zero-order chi connectivity index (χ0) is 22.4. The first-order chi connectivity index (χ1) is 15.4. The summed E-state index contributed by atoms with van der Waals surface area (Å²) in [5.41, 5.74) is 12.3. The van der Waals surface area contributed by atoms with Crippen LogP contribution in [-0.2, 0) is 4.74 Å². The van der Waals surface area contributed by atoms with E-state index in [4.69, 9.17) is 20.9 Å². The summed E-state index contributed by atoms with van der Waals surface area (Å²) in [5.74, 6) is 0.156. The molecule has 1 aromatic carbocycles. The second-order valence-electron chi connectivity index (χ2n) is 7.49. The maximum atomic E-state index is 11.4. The molecule has 11 nitrogen and oxygen atoms in total. The summed E-state index contributed by atoms with van der Waals surface area (Å²) in [6, 6.07) is 10.2. The fourth-order valence-corrected chi connectivity index (χ4v) is 3.79. The highest BCUT2D eigenvalue weighted by molar-refractivity contribution is 5.93. The lowest BCUT2D eigenvalue weighted by Gasteiger charge is -2.17. The van der Waals surface area contributed by atoms with Gasteiger partial charge in [0.05, 0.1) is 10.9 Å². The van der Waals surface area contributed by atoms with E-state index in [-0.39, 0.29) is 12.3 Å². The van der Waals surface area contributed by atoms with Crippen molar-refractivity contribution in [1.82, 2.24) is 19.5 Å². The zero-order valence-electron chi connectivity index (χ0n) is 16.7. The number of nitrogens with two attached hydrogens (primary N) is 2. The summed E-state index contributed by atoms with van der Waals surface area (Å²) < 4.78 is 13.3. The van der Waals surface area contributed by atoms with Crippen molar-refractivity contribution in [3.63, 3.8) is 0 Å². The van der Waals surface area contributed by atoms with E-state index in [0.29, 0.717) is 28.1 Å². The number of aromatic nitrogens is 4. The molecule has 4 atom stereocenters. The number of rotatable bonds is 5. The Bertz CT molecular complexity index is 1320. The van der Waals surface area contributed by atoms with Crippen LogP contribution in [0, 0.1) is 0 Å². The highest BCUT2D eigenvalue weighted by atomic mass is 16.6. The third-order valence-electron chi connectivity index (χ3n) is 5.48. The Labute approximate surface area is 181 Å². The van der Waals surface area contributed by atoms with Crippen molar-refractivity contribution in [2.24, 2.45) is 5.73 Å². The summed E-state index contributed by atoms with van der Waals surface area (Å²) in [7, 11) is 0. The van der Waals surface area contributed by atoms with Crippen molar-refractivity contribution in [2.45, 2.75) is 24.5 Å². The molecule has 5 rings (SSSR count). The molecule has 1 saturated heterocycles. The minimum atomic E-state index is -1.20. The molecule has 0 saturated carbocycles. The standard InChI is InChI=1S/C21H20N6O5/c22-18-12-5-6-27(20(12)25-9-24-18)21-17(29)16(28)15(32-21)8-31-11-3-1-10-2-4-13(19(23)30)26-14(10)7-11/h1-7,9,15-17,21,28-29H,8H2,(H2,23,30)(H2,22,24,25)/t15-,16-,17-,21-/m1/s1. The maximum absolute atomic E-state index is 11.4. The molecule has 6 N–H and O–H groups in total. The van der Waals surface area contributed by atoms with Gasteiger partial charge < -0.3 is 35.7 Å². The van der Waals surface area contributed by atoms with E-state index in [1.165, 1.54) is 6.33 Å². The van der Waals surface area contributed by atoms with Crippen LogP contribution in [-0.4, -0.2) is 60.6 Å². The Kier molecular flexibility index (Phi) is 4.85. The van der Waals surface area contributed by atoms with E-state index >= 15 is 0 Å². The van der Waals surface area contributed by atoms with Crippen LogP contribution in [0.2, 0.25) is 0 Å². The van der Waals surface area contributed by atoms with Crippen molar-refractivity contribution in [3.05, 3.63) is 54.6 Å². The molecule has 1 fully saturated rings. The van der Waals surface area contributed by atoms with E-state index in [0.717, 1.165) is 5.39 Å². The molecular formula is C21H20N6O5. The SMILES string of the molecule is NC(=O)c1ccc2ccc(OC[C@H]3O[C@@H](n4ccc5c(N)ncnc54)[C@H](O)[C@@H]3O)cc2n1. The highest BCUT2D eigenvalue weighted by Gasteiger charge is 2.44. The third kappa shape index (κ3) is 3.38. The number of amides is 1. The summed E-state index contributed by atoms with van der Waals surface area (Å²) in [6.07, 6.45) is -1.06. The molecule has 0 radical (unpaired) electrons. The fourth-order valence-electron chi connectivity index (χ4n) is 3.79. The first-order valence-electron chi connectivity index (χ1n) is 9.84. The van der Waals surface area contributed by atoms with Crippen molar-refractivity contribution >= 4 is 33.7 Å². The van der Waals surface area contributed by atoms with Crippen molar-refractivity contribution in [2.75, 3.05) is 12.3 Å². The predicted molar refractivity (Wildman–Crippen MR) is 114 cm³/mol. The second kappa shape index (κ2) is 7.71. The van der Waals surface area contributed by atoms with E-state index in [1.807, 2.05) is 0 Å². The molecule has 0 aliphatic carbocycles. The second-order valence-corrected chi connectivity index (χ2v) is 7.49. The number of fused-ring (bicyclic) bond motifs is 2. The van der Waals surface area contributed by atoms with Gasteiger partial charge >= 0.3 is 0 Å². The molecule has 1 amide bonds. The number of nitrogens with zero attached hydrogens (tertiary/aromatic N) is 4. The van der Waals surface area contributed by atoms with Crippen LogP contribution >= 0.6 is 0 Å². The molecule has 11 heteroatoms. The van der Waals surface area contributed by atoms with Gasteiger partial charge in [0.15, 0.2) is 6.23 Å². The number of hydrogen-bond donors (Lipinski definition) is 4. The molecular weight excluding hydrogens is 416 g/mol. The monoisotopic (exact) mass is 436 g/mol. The van der Waals surface area contributed by atoms with Crippen LogP contribution in [0.25, 0.3) is 21.9 Å². The number of aliphatic hydroxyl groups excluding tert-OH is 2. The molecule has 3 aromatic heterocycles. The molecule has 0 unspecified atom stereocenters. The van der Waals surface area contributed by atoms with Crippen LogP contribution < -0.4 is 16.2 Å². The van der Waals surface area contributed by atoms with E-state index in [1.54, 1.807) is 47.2 Å². The summed E-state index contributed by atoms with van der Waals surface area (Å²) in [5, 5.41) is 22.5. The normalized spacial score (nSPS) is 23.1. The van der Waals surface area contributed by atoms with Gasteiger partial charge in [0.2, 0.25) is 0 Å². The van der Waals surface area contributed by atoms with Crippen molar-refractivity contribution in [3.8, 4) is 5.75 Å². The smallest absolute Gasteiger partial charge is 0.267 e. The quantitative estimate of drug-likeness (QED) is 0.344. The molecule has 1 aliphatic rings. The van der Waals surface area contributed by atoms with Gasteiger partial charge in [0.25, 0.3) is 5.91 Å². The number of benzene rings is 1. The van der Waals surface area contributed by atoms with Gasteiger partial charge in [-0.3, -0.25) is 4.79 Å². The molecule has 32 heavy (non-hydrogen) atoms. The van der Waals surface area contributed by atoms with Crippen LogP contribution in [0.15, 0.2) is 48.9 Å². The van der Waals surface area contributed by atoms with Gasteiger partial charge in [0.1, 0.15) is 54.2 Å². The molecule has 0 spiro atoms. The lowest BCUT2D eigenvalue weighted by molar-refractivity contribution is -0.0471. The molecule has 164 valence electrons. The minimum absolute atomic E-state index is 0.0218. The van der Waals surface area contributed by atoms with Gasteiger partial charge in [-0.2, -0.15) is 0 Å².